The number of hydrogen-bond acceptors (Lipinski definition) is 3. The first-order valence-electron chi connectivity index (χ1n) is 6.34. The minimum atomic E-state index is -1.02. The van der Waals surface area contributed by atoms with Crippen LogP contribution in [0.15, 0.2) is 59.3 Å². The zero-order valence-corrected chi connectivity index (χ0v) is 11.0. The Morgan fingerprint density at radius 3 is 2.62 bits per heavy atom. The summed E-state index contributed by atoms with van der Waals surface area (Å²) in [7, 11) is 0. The Morgan fingerprint density at radius 1 is 1.14 bits per heavy atom. The predicted octanol–water partition coefficient (Wildman–Crippen LogP) is 3.33. The normalized spacial score (nSPS) is 11.0. The number of carboxylic acids is 1. The fourth-order valence-electron chi connectivity index (χ4n) is 2.01. The highest BCUT2D eigenvalue weighted by Crippen LogP contribution is 2.18. The van der Waals surface area contributed by atoms with E-state index in [1.54, 1.807) is 35.2 Å². The minimum absolute atomic E-state index is 0.140. The summed E-state index contributed by atoms with van der Waals surface area (Å²) in [6.45, 7) is 0. The van der Waals surface area contributed by atoms with E-state index in [9.17, 15) is 9.90 Å². The SMILES string of the molecule is O=C(O)c1cnn(-c2ccccc2)c1/C=C\c1ccco1. The van der Waals surface area contributed by atoms with Crippen LogP contribution in [0.25, 0.3) is 17.8 Å². The van der Waals surface area contributed by atoms with Crippen LogP contribution in [0.2, 0.25) is 0 Å². The molecule has 104 valence electrons. The van der Waals surface area contributed by atoms with E-state index in [4.69, 9.17) is 4.42 Å². The van der Waals surface area contributed by atoms with Crippen molar-refractivity contribution in [2.75, 3.05) is 0 Å². The van der Waals surface area contributed by atoms with Gasteiger partial charge in [-0.15, -0.1) is 0 Å². The van der Waals surface area contributed by atoms with E-state index in [0.717, 1.165) is 5.69 Å². The fraction of sp³-hybridized carbons (Fsp3) is 0. The quantitative estimate of drug-likeness (QED) is 0.795. The topological polar surface area (TPSA) is 68.3 Å². The van der Waals surface area contributed by atoms with Gasteiger partial charge in [0.2, 0.25) is 0 Å². The fourth-order valence-corrected chi connectivity index (χ4v) is 2.01. The molecular weight excluding hydrogens is 268 g/mol. The first-order chi connectivity index (χ1) is 10.3. The van der Waals surface area contributed by atoms with Gasteiger partial charge < -0.3 is 9.52 Å². The lowest BCUT2D eigenvalue weighted by atomic mass is 10.2. The molecule has 0 aliphatic rings. The molecular formula is C16H12N2O3. The highest BCUT2D eigenvalue weighted by atomic mass is 16.4. The van der Waals surface area contributed by atoms with E-state index in [0.29, 0.717) is 11.5 Å². The molecule has 21 heavy (non-hydrogen) atoms. The molecule has 0 bridgehead atoms. The van der Waals surface area contributed by atoms with Crippen molar-refractivity contribution in [1.82, 2.24) is 9.78 Å². The highest BCUT2D eigenvalue weighted by molar-refractivity contribution is 5.92. The Kier molecular flexibility index (Phi) is 3.39. The molecule has 0 atom stereocenters. The van der Waals surface area contributed by atoms with Gasteiger partial charge in [-0.25, -0.2) is 9.48 Å². The maximum Gasteiger partial charge on any atom is 0.339 e. The van der Waals surface area contributed by atoms with Crippen LogP contribution in [0.1, 0.15) is 21.8 Å². The highest BCUT2D eigenvalue weighted by Gasteiger charge is 2.15. The average molecular weight is 280 g/mol. The third kappa shape index (κ3) is 2.62. The van der Waals surface area contributed by atoms with E-state index < -0.39 is 5.97 Å². The molecule has 0 fully saturated rings. The molecule has 0 saturated carbocycles. The first-order valence-corrected chi connectivity index (χ1v) is 6.34. The maximum absolute atomic E-state index is 11.3. The summed E-state index contributed by atoms with van der Waals surface area (Å²) < 4.78 is 6.80. The molecule has 0 saturated heterocycles. The van der Waals surface area contributed by atoms with Crippen molar-refractivity contribution in [1.29, 1.82) is 0 Å². The number of aromatic carboxylic acids is 1. The van der Waals surface area contributed by atoms with Gasteiger partial charge >= 0.3 is 5.97 Å². The van der Waals surface area contributed by atoms with Crippen molar-refractivity contribution in [3.05, 3.63) is 71.9 Å². The molecule has 5 nitrogen and oxygen atoms in total. The summed E-state index contributed by atoms with van der Waals surface area (Å²) in [6.07, 6.45) is 6.30. The molecule has 0 amide bonds. The van der Waals surface area contributed by atoms with Gasteiger partial charge in [0.1, 0.15) is 11.3 Å². The van der Waals surface area contributed by atoms with Crippen molar-refractivity contribution in [3.63, 3.8) is 0 Å². The van der Waals surface area contributed by atoms with Gasteiger partial charge in [-0.2, -0.15) is 5.10 Å². The van der Waals surface area contributed by atoms with Gasteiger partial charge in [-0.3, -0.25) is 0 Å². The van der Waals surface area contributed by atoms with Crippen molar-refractivity contribution in [3.8, 4) is 5.69 Å². The summed E-state index contributed by atoms with van der Waals surface area (Å²) >= 11 is 0. The molecule has 3 rings (SSSR count). The summed E-state index contributed by atoms with van der Waals surface area (Å²) in [5.41, 5.74) is 1.43. The zero-order valence-electron chi connectivity index (χ0n) is 11.0. The van der Waals surface area contributed by atoms with Crippen LogP contribution in [0.4, 0.5) is 0 Å². The number of para-hydroxylation sites is 1. The van der Waals surface area contributed by atoms with Crippen molar-refractivity contribution in [2.24, 2.45) is 0 Å². The average Bonchev–Trinajstić information content (AvgIpc) is 3.15. The molecule has 2 heterocycles. The first kappa shape index (κ1) is 12.9. The number of aromatic nitrogens is 2. The van der Waals surface area contributed by atoms with E-state index in [2.05, 4.69) is 5.10 Å². The second-order valence-electron chi connectivity index (χ2n) is 4.34. The minimum Gasteiger partial charge on any atom is -0.478 e. The Morgan fingerprint density at radius 2 is 1.95 bits per heavy atom. The molecule has 3 aromatic rings. The number of nitrogens with zero attached hydrogens (tertiary/aromatic N) is 2. The maximum atomic E-state index is 11.3. The summed E-state index contributed by atoms with van der Waals surface area (Å²) in [4.78, 5) is 11.3. The van der Waals surface area contributed by atoms with Crippen molar-refractivity contribution < 1.29 is 14.3 Å². The van der Waals surface area contributed by atoms with Gasteiger partial charge in [0.25, 0.3) is 0 Å². The molecule has 0 aliphatic carbocycles. The number of benzene rings is 1. The largest absolute Gasteiger partial charge is 0.478 e. The molecule has 5 heteroatoms. The summed E-state index contributed by atoms with van der Waals surface area (Å²) in [5, 5.41) is 13.4. The molecule has 2 aromatic heterocycles. The predicted molar refractivity (Wildman–Crippen MR) is 78.2 cm³/mol. The lowest BCUT2D eigenvalue weighted by molar-refractivity contribution is 0.0696. The van der Waals surface area contributed by atoms with E-state index >= 15 is 0 Å². The number of furan rings is 1. The number of rotatable bonds is 4. The van der Waals surface area contributed by atoms with E-state index in [-0.39, 0.29) is 5.56 Å². The van der Waals surface area contributed by atoms with Crippen LogP contribution in [-0.4, -0.2) is 20.9 Å². The van der Waals surface area contributed by atoms with Gasteiger partial charge in [0.05, 0.1) is 23.8 Å². The van der Waals surface area contributed by atoms with Gasteiger partial charge in [-0.1, -0.05) is 18.2 Å². The van der Waals surface area contributed by atoms with Crippen LogP contribution < -0.4 is 0 Å². The molecule has 1 aromatic carbocycles. The molecule has 1 N–H and O–H groups in total. The third-order valence-electron chi connectivity index (χ3n) is 2.99. The monoisotopic (exact) mass is 280 g/mol. The van der Waals surface area contributed by atoms with Crippen LogP contribution in [0.3, 0.4) is 0 Å². The lowest BCUT2D eigenvalue weighted by Gasteiger charge is -2.04. The Bertz CT molecular complexity index is 771. The smallest absolute Gasteiger partial charge is 0.339 e. The van der Waals surface area contributed by atoms with Gasteiger partial charge in [-0.05, 0) is 36.4 Å². The number of carboxylic acid groups (broad SMARTS) is 1. The van der Waals surface area contributed by atoms with Gasteiger partial charge in [0.15, 0.2) is 0 Å². The molecule has 0 spiro atoms. The van der Waals surface area contributed by atoms with Gasteiger partial charge in [0, 0.05) is 0 Å². The van der Waals surface area contributed by atoms with Crippen LogP contribution in [0.5, 0.6) is 0 Å². The summed E-state index contributed by atoms with van der Waals surface area (Å²) in [6, 6.07) is 12.9. The van der Waals surface area contributed by atoms with Crippen LogP contribution >= 0.6 is 0 Å². The number of hydrogen-bond donors (Lipinski definition) is 1. The van der Waals surface area contributed by atoms with Crippen molar-refractivity contribution >= 4 is 18.1 Å². The Hall–Kier alpha value is -3.08. The lowest BCUT2D eigenvalue weighted by Crippen LogP contribution is -2.02. The van der Waals surface area contributed by atoms with E-state index in [1.165, 1.54) is 6.20 Å². The molecule has 0 aliphatic heterocycles. The summed E-state index contributed by atoms with van der Waals surface area (Å²) in [5.74, 6) is -0.372. The van der Waals surface area contributed by atoms with Crippen LogP contribution in [-0.2, 0) is 0 Å². The van der Waals surface area contributed by atoms with Crippen molar-refractivity contribution in [2.45, 2.75) is 0 Å². The molecule has 0 radical (unpaired) electrons. The Balaban J connectivity index is 2.08. The van der Waals surface area contributed by atoms with Crippen LogP contribution in [0, 0.1) is 0 Å². The molecule has 0 unspecified atom stereocenters. The van der Waals surface area contributed by atoms with E-state index in [1.807, 2.05) is 30.3 Å². The standard InChI is InChI=1S/C16H12N2O3/c19-16(20)14-11-17-18(12-5-2-1-3-6-12)15(14)9-8-13-7-4-10-21-13/h1-11H,(H,19,20)/b9-8-. The third-order valence-corrected chi connectivity index (χ3v) is 2.99. The zero-order chi connectivity index (χ0) is 14.7. The second kappa shape index (κ2) is 5.50. The number of carbonyl (C=O) groups is 1. The Labute approximate surface area is 120 Å². The second-order valence-corrected chi connectivity index (χ2v) is 4.34.